The van der Waals surface area contributed by atoms with Crippen molar-refractivity contribution in [2.24, 2.45) is 0 Å². The van der Waals surface area contributed by atoms with Crippen LogP contribution in [0, 0.1) is 0 Å². The van der Waals surface area contributed by atoms with Crippen molar-refractivity contribution in [1.29, 1.82) is 0 Å². The Labute approximate surface area is 156 Å². The van der Waals surface area contributed by atoms with Gasteiger partial charge in [0.25, 0.3) is 0 Å². The third kappa shape index (κ3) is 3.67. The monoisotopic (exact) mass is 358 g/mol. The average Bonchev–Trinajstić information content (AvgIpc) is 3.17. The van der Waals surface area contributed by atoms with Crippen molar-refractivity contribution in [3.05, 3.63) is 78.5 Å². The van der Waals surface area contributed by atoms with E-state index in [1.54, 1.807) is 13.2 Å². The smallest absolute Gasteiger partial charge is 0.230 e. The van der Waals surface area contributed by atoms with Gasteiger partial charge in [-0.2, -0.15) is 0 Å². The number of rotatable bonds is 5. The van der Waals surface area contributed by atoms with E-state index < -0.39 is 0 Å². The predicted octanol–water partition coefficient (Wildman–Crippen LogP) is 4.68. The van der Waals surface area contributed by atoms with Gasteiger partial charge in [0.05, 0.1) is 19.2 Å². The number of carbonyl (C=O) groups is 1. The van der Waals surface area contributed by atoms with E-state index in [0.717, 1.165) is 27.8 Å². The first-order valence-corrected chi connectivity index (χ1v) is 8.60. The second-order valence-corrected chi connectivity index (χ2v) is 6.17. The number of ether oxygens (including phenoxy) is 1. The second kappa shape index (κ2) is 7.33. The average molecular weight is 358 g/mol. The van der Waals surface area contributed by atoms with Gasteiger partial charge >= 0.3 is 0 Å². The fraction of sp³-hybridized carbons (Fsp3) is 0.0909. The Balaban J connectivity index is 1.49. The minimum absolute atomic E-state index is 0.136. The summed E-state index contributed by atoms with van der Waals surface area (Å²) in [5, 5.41) is 9.06. The summed E-state index contributed by atoms with van der Waals surface area (Å²) >= 11 is 0. The fourth-order valence-electron chi connectivity index (χ4n) is 3.00. The molecule has 1 N–H and O–H groups in total. The molecule has 0 fully saturated rings. The zero-order valence-corrected chi connectivity index (χ0v) is 14.8. The molecular formula is C22H18N2O3. The first kappa shape index (κ1) is 16.8. The van der Waals surface area contributed by atoms with Crippen molar-refractivity contribution in [2.45, 2.75) is 6.42 Å². The molecule has 0 saturated heterocycles. The van der Waals surface area contributed by atoms with Crippen LogP contribution >= 0.6 is 0 Å². The Morgan fingerprint density at radius 2 is 1.85 bits per heavy atom. The highest BCUT2D eigenvalue weighted by Gasteiger charge is 2.12. The lowest BCUT2D eigenvalue weighted by Gasteiger charge is -2.07. The number of benzene rings is 3. The van der Waals surface area contributed by atoms with Gasteiger partial charge in [0.1, 0.15) is 5.75 Å². The van der Waals surface area contributed by atoms with Gasteiger partial charge in [-0.1, -0.05) is 53.7 Å². The van der Waals surface area contributed by atoms with Crippen LogP contribution in [0.1, 0.15) is 5.69 Å². The molecule has 0 spiro atoms. The largest absolute Gasteiger partial charge is 0.497 e. The third-order valence-electron chi connectivity index (χ3n) is 4.32. The maximum Gasteiger partial charge on any atom is 0.230 e. The van der Waals surface area contributed by atoms with Crippen molar-refractivity contribution >= 4 is 22.4 Å². The number of anilines is 1. The zero-order valence-electron chi connectivity index (χ0n) is 14.8. The van der Waals surface area contributed by atoms with Gasteiger partial charge in [-0.25, -0.2) is 0 Å². The Morgan fingerprint density at radius 3 is 2.74 bits per heavy atom. The summed E-state index contributed by atoms with van der Waals surface area (Å²) in [4.78, 5) is 12.5. The Morgan fingerprint density at radius 1 is 1.04 bits per heavy atom. The molecule has 0 bridgehead atoms. The van der Waals surface area contributed by atoms with Crippen molar-refractivity contribution in [3.63, 3.8) is 0 Å². The summed E-state index contributed by atoms with van der Waals surface area (Å²) in [6.45, 7) is 0. The normalized spacial score (nSPS) is 10.7. The summed E-state index contributed by atoms with van der Waals surface area (Å²) < 4.78 is 10.6. The molecule has 0 unspecified atom stereocenters. The van der Waals surface area contributed by atoms with Gasteiger partial charge < -0.3 is 14.6 Å². The van der Waals surface area contributed by atoms with E-state index in [9.17, 15) is 4.79 Å². The Bertz CT molecular complexity index is 1100. The van der Waals surface area contributed by atoms with E-state index in [0.29, 0.717) is 11.5 Å². The molecule has 5 heteroatoms. The number of nitrogens with zero attached hydrogens (tertiary/aromatic N) is 1. The summed E-state index contributed by atoms with van der Waals surface area (Å²) in [5.74, 6) is 1.19. The molecule has 3 aromatic carbocycles. The van der Waals surface area contributed by atoms with Gasteiger partial charge in [-0.15, -0.1) is 0 Å². The van der Waals surface area contributed by atoms with Crippen molar-refractivity contribution in [3.8, 4) is 17.1 Å². The Hall–Kier alpha value is -3.60. The maximum atomic E-state index is 12.5. The van der Waals surface area contributed by atoms with Crippen molar-refractivity contribution in [2.75, 3.05) is 12.4 Å². The number of aromatic nitrogens is 1. The highest BCUT2D eigenvalue weighted by Crippen LogP contribution is 2.25. The molecule has 0 atom stereocenters. The number of amides is 1. The summed E-state index contributed by atoms with van der Waals surface area (Å²) in [6, 6.07) is 23.1. The number of fused-ring (bicyclic) bond motifs is 1. The fourth-order valence-corrected chi connectivity index (χ4v) is 3.00. The van der Waals surface area contributed by atoms with Gasteiger partial charge in [-0.3, -0.25) is 4.79 Å². The predicted molar refractivity (Wildman–Crippen MR) is 105 cm³/mol. The van der Waals surface area contributed by atoms with Gasteiger partial charge in [0, 0.05) is 22.7 Å². The second-order valence-electron chi connectivity index (χ2n) is 6.17. The third-order valence-corrected chi connectivity index (χ3v) is 4.32. The lowest BCUT2D eigenvalue weighted by Crippen LogP contribution is -2.14. The summed E-state index contributed by atoms with van der Waals surface area (Å²) in [5.41, 5.74) is 2.21. The molecule has 0 saturated carbocycles. The molecule has 27 heavy (non-hydrogen) atoms. The number of methoxy groups -OCH3 is 1. The van der Waals surface area contributed by atoms with E-state index in [4.69, 9.17) is 9.26 Å². The van der Waals surface area contributed by atoms with Crippen LogP contribution < -0.4 is 10.1 Å². The molecule has 1 amide bonds. The van der Waals surface area contributed by atoms with Crippen molar-refractivity contribution in [1.82, 2.24) is 5.16 Å². The molecule has 134 valence electrons. The van der Waals surface area contributed by atoms with Crippen LogP contribution in [0.4, 0.5) is 5.69 Å². The number of hydrogen-bond acceptors (Lipinski definition) is 4. The van der Waals surface area contributed by atoms with Crippen LogP contribution in [0.3, 0.4) is 0 Å². The van der Waals surface area contributed by atoms with Crippen LogP contribution in [-0.2, 0) is 11.2 Å². The lowest BCUT2D eigenvalue weighted by molar-refractivity contribution is -0.115. The standard InChI is InChI=1S/C22H18N2O3/c1-26-18-9-4-8-16(12-18)21-13-17(24-27-21)14-22(25)23-20-11-5-7-15-6-2-3-10-19(15)20/h2-13H,14H2,1H3,(H,23,25). The van der Waals surface area contributed by atoms with Crippen LogP contribution in [0.2, 0.25) is 0 Å². The van der Waals surface area contributed by atoms with Crippen LogP contribution in [0.15, 0.2) is 77.3 Å². The van der Waals surface area contributed by atoms with Gasteiger partial charge in [0.15, 0.2) is 5.76 Å². The first-order valence-electron chi connectivity index (χ1n) is 8.60. The highest BCUT2D eigenvalue weighted by molar-refractivity contribution is 6.02. The molecule has 0 aliphatic heterocycles. The summed E-state index contributed by atoms with van der Waals surface area (Å²) in [7, 11) is 1.61. The van der Waals surface area contributed by atoms with E-state index in [2.05, 4.69) is 10.5 Å². The topological polar surface area (TPSA) is 64.4 Å². The van der Waals surface area contributed by atoms with E-state index in [1.807, 2.05) is 66.7 Å². The molecule has 0 aliphatic carbocycles. The maximum absolute atomic E-state index is 12.5. The van der Waals surface area contributed by atoms with Crippen molar-refractivity contribution < 1.29 is 14.1 Å². The minimum atomic E-state index is -0.142. The number of carbonyl (C=O) groups excluding carboxylic acids is 1. The van der Waals surface area contributed by atoms with Gasteiger partial charge in [-0.05, 0) is 23.6 Å². The molecule has 0 radical (unpaired) electrons. The quantitative estimate of drug-likeness (QED) is 0.562. The minimum Gasteiger partial charge on any atom is -0.497 e. The Kier molecular flexibility index (Phi) is 4.58. The van der Waals surface area contributed by atoms with Crippen LogP contribution in [-0.4, -0.2) is 18.2 Å². The zero-order chi connectivity index (χ0) is 18.6. The lowest BCUT2D eigenvalue weighted by atomic mass is 10.1. The first-order chi connectivity index (χ1) is 13.2. The number of hydrogen-bond donors (Lipinski definition) is 1. The highest BCUT2D eigenvalue weighted by atomic mass is 16.5. The molecule has 4 aromatic rings. The molecule has 1 aromatic heterocycles. The summed E-state index contributed by atoms with van der Waals surface area (Å²) in [6.07, 6.45) is 0.136. The van der Waals surface area contributed by atoms with E-state index >= 15 is 0 Å². The number of nitrogens with one attached hydrogen (secondary N) is 1. The molecule has 1 heterocycles. The molecule has 5 nitrogen and oxygen atoms in total. The van der Waals surface area contributed by atoms with Crippen LogP contribution in [0.25, 0.3) is 22.1 Å². The van der Waals surface area contributed by atoms with Gasteiger partial charge in [0.2, 0.25) is 5.91 Å². The molecule has 0 aliphatic rings. The van der Waals surface area contributed by atoms with Crippen LogP contribution in [0.5, 0.6) is 5.75 Å². The van der Waals surface area contributed by atoms with E-state index in [-0.39, 0.29) is 12.3 Å². The van der Waals surface area contributed by atoms with E-state index in [1.165, 1.54) is 0 Å². The molecular weight excluding hydrogens is 340 g/mol. The molecule has 4 rings (SSSR count). The SMILES string of the molecule is COc1cccc(-c2cc(CC(=O)Nc3cccc4ccccc34)no2)c1.